The van der Waals surface area contributed by atoms with Crippen molar-refractivity contribution in [2.75, 3.05) is 0 Å². The van der Waals surface area contributed by atoms with E-state index in [1.807, 2.05) is 27.7 Å². The molecule has 0 unspecified atom stereocenters. The van der Waals surface area contributed by atoms with Crippen molar-refractivity contribution >= 4 is 7.60 Å². The lowest BCUT2D eigenvalue weighted by molar-refractivity contribution is 0.151. The molecule has 0 amide bonds. The zero-order valence-electron chi connectivity index (χ0n) is 15.7. The van der Waals surface area contributed by atoms with E-state index < -0.39 is 7.60 Å². The van der Waals surface area contributed by atoms with Crippen LogP contribution in [0.25, 0.3) is 0 Å². The summed E-state index contributed by atoms with van der Waals surface area (Å²) in [6.07, 6.45) is 5.04. The van der Waals surface area contributed by atoms with E-state index in [0.717, 1.165) is 12.0 Å². The molecule has 24 heavy (non-hydrogen) atoms. The van der Waals surface area contributed by atoms with E-state index in [-0.39, 0.29) is 12.2 Å². The summed E-state index contributed by atoms with van der Waals surface area (Å²) in [6.45, 7) is 9.53. The van der Waals surface area contributed by atoms with Crippen molar-refractivity contribution in [2.45, 2.75) is 78.9 Å². The Morgan fingerprint density at radius 1 is 0.958 bits per heavy atom. The summed E-state index contributed by atoms with van der Waals surface area (Å²) in [4.78, 5) is 0. The fourth-order valence-electron chi connectivity index (χ4n) is 2.27. The highest BCUT2D eigenvalue weighted by molar-refractivity contribution is 7.59. The van der Waals surface area contributed by atoms with Crippen molar-refractivity contribution < 1.29 is 13.6 Å². The van der Waals surface area contributed by atoms with Gasteiger partial charge in [-0.05, 0) is 51.7 Å². The Labute approximate surface area is 147 Å². The first kappa shape index (κ1) is 21.0. The van der Waals surface area contributed by atoms with Gasteiger partial charge in [0.05, 0.1) is 12.2 Å². The molecule has 1 rings (SSSR count). The minimum absolute atomic E-state index is 0.189. The highest BCUT2D eigenvalue weighted by Gasteiger charge is 2.24. The van der Waals surface area contributed by atoms with E-state index in [1.165, 1.54) is 24.8 Å². The molecule has 0 fully saturated rings. The van der Waals surface area contributed by atoms with Crippen LogP contribution < -0.4 is 0 Å². The van der Waals surface area contributed by atoms with Crippen molar-refractivity contribution in [1.82, 2.24) is 0 Å². The summed E-state index contributed by atoms with van der Waals surface area (Å²) in [5, 5.41) is 0. The second-order valence-corrected chi connectivity index (χ2v) is 8.18. The third-order valence-electron chi connectivity index (χ3n) is 3.30. The van der Waals surface area contributed by atoms with Crippen LogP contribution in [0.2, 0.25) is 0 Å². The van der Waals surface area contributed by atoms with Gasteiger partial charge < -0.3 is 0 Å². The third-order valence-corrected chi connectivity index (χ3v) is 5.13. The van der Waals surface area contributed by atoms with E-state index >= 15 is 0 Å². The van der Waals surface area contributed by atoms with Gasteiger partial charge >= 0.3 is 7.60 Å². The number of unbranched alkanes of at least 4 members (excludes halogenated alkanes) is 2. The number of aryl methyl sites for hydroxylation is 1. The van der Waals surface area contributed by atoms with Crippen LogP contribution in [0, 0.1) is 11.6 Å². The zero-order chi connectivity index (χ0) is 18.0. The van der Waals surface area contributed by atoms with Crippen LogP contribution in [-0.2, 0) is 26.5 Å². The maximum absolute atomic E-state index is 12.6. The van der Waals surface area contributed by atoms with Gasteiger partial charge in [0.15, 0.2) is 0 Å². The van der Waals surface area contributed by atoms with Gasteiger partial charge in [-0.15, -0.1) is 0 Å². The predicted octanol–water partition coefficient (Wildman–Crippen LogP) is 5.97. The minimum Gasteiger partial charge on any atom is -0.297 e. The highest BCUT2D eigenvalue weighted by Crippen LogP contribution is 2.49. The molecule has 0 saturated heterocycles. The van der Waals surface area contributed by atoms with Crippen LogP contribution in [0.4, 0.5) is 0 Å². The van der Waals surface area contributed by atoms with Crippen molar-refractivity contribution in [3.05, 3.63) is 35.4 Å². The van der Waals surface area contributed by atoms with Gasteiger partial charge in [-0.25, -0.2) is 4.57 Å². The summed E-state index contributed by atoms with van der Waals surface area (Å²) in [7, 11) is -3.36. The van der Waals surface area contributed by atoms with Crippen LogP contribution in [0.1, 0.15) is 65.0 Å². The monoisotopic (exact) mass is 350 g/mol. The molecule has 0 N–H and O–H groups in total. The SMILES string of the molecule is CCCCCc1ccc(CC#CP(=O)(OC(C)C)OC(C)C)cc1. The Balaban J connectivity index is 2.66. The summed E-state index contributed by atoms with van der Waals surface area (Å²) in [5.74, 6) is 2.96. The topological polar surface area (TPSA) is 35.5 Å². The standard InChI is InChI=1S/C20H31O3P/c1-6-7-8-10-19-12-14-20(15-13-19)11-9-16-24(21,22-17(2)3)23-18(4)5/h12-15,17-18H,6-8,10-11H2,1-5H3. The lowest BCUT2D eigenvalue weighted by atomic mass is 10.0. The molecule has 1 aromatic carbocycles. The van der Waals surface area contributed by atoms with Gasteiger partial charge in [-0.1, -0.05) is 50.0 Å². The number of rotatable bonds is 9. The van der Waals surface area contributed by atoms with Gasteiger partial charge in [0.25, 0.3) is 0 Å². The Kier molecular flexibility index (Phi) is 9.37. The molecule has 0 heterocycles. The van der Waals surface area contributed by atoms with Gasteiger partial charge in [-0.2, -0.15) is 0 Å². The second kappa shape index (κ2) is 10.7. The maximum atomic E-state index is 12.6. The molecule has 0 aliphatic rings. The van der Waals surface area contributed by atoms with Crippen molar-refractivity contribution in [2.24, 2.45) is 0 Å². The quantitative estimate of drug-likeness (QED) is 0.313. The molecule has 0 bridgehead atoms. The van der Waals surface area contributed by atoms with Gasteiger partial charge in [0.1, 0.15) is 0 Å². The molecule has 0 spiro atoms. The van der Waals surface area contributed by atoms with E-state index in [0.29, 0.717) is 6.42 Å². The average Bonchev–Trinajstić information content (AvgIpc) is 2.47. The van der Waals surface area contributed by atoms with Crippen molar-refractivity contribution in [3.63, 3.8) is 0 Å². The van der Waals surface area contributed by atoms with Crippen molar-refractivity contribution in [3.8, 4) is 11.6 Å². The number of hydrogen-bond donors (Lipinski definition) is 0. The molecular formula is C20H31O3P. The molecule has 0 aliphatic carbocycles. The first-order valence-corrected chi connectivity index (χ1v) is 10.4. The lowest BCUT2D eigenvalue weighted by Gasteiger charge is -2.17. The lowest BCUT2D eigenvalue weighted by Crippen LogP contribution is -2.06. The van der Waals surface area contributed by atoms with Crippen LogP contribution in [0.3, 0.4) is 0 Å². The molecule has 3 nitrogen and oxygen atoms in total. The molecule has 0 atom stereocenters. The molecule has 4 heteroatoms. The van der Waals surface area contributed by atoms with E-state index in [2.05, 4.69) is 42.8 Å². The fourth-order valence-corrected chi connectivity index (χ4v) is 3.81. The number of hydrogen-bond acceptors (Lipinski definition) is 3. The summed E-state index contributed by atoms with van der Waals surface area (Å²) >= 11 is 0. The Morgan fingerprint density at radius 2 is 1.50 bits per heavy atom. The average molecular weight is 350 g/mol. The van der Waals surface area contributed by atoms with Gasteiger partial charge in [0, 0.05) is 12.1 Å². The third kappa shape index (κ3) is 8.69. The van der Waals surface area contributed by atoms with Crippen LogP contribution >= 0.6 is 7.60 Å². The Morgan fingerprint density at radius 3 is 2.00 bits per heavy atom. The van der Waals surface area contributed by atoms with Gasteiger partial charge in [0.2, 0.25) is 0 Å². The summed E-state index contributed by atoms with van der Waals surface area (Å²) < 4.78 is 23.4. The molecule has 0 saturated carbocycles. The fraction of sp³-hybridized carbons (Fsp3) is 0.600. The zero-order valence-corrected chi connectivity index (χ0v) is 16.6. The highest BCUT2D eigenvalue weighted by atomic mass is 31.2. The Hall–Kier alpha value is -1.07. The molecule has 0 radical (unpaired) electrons. The van der Waals surface area contributed by atoms with E-state index in [4.69, 9.17) is 9.05 Å². The largest absolute Gasteiger partial charge is 0.406 e. The molecule has 1 aromatic rings. The van der Waals surface area contributed by atoms with E-state index in [1.54, 1.807) is 0 Å². The minimum atomic E-state index is -3.36. The molecule has 134 valence electrons. The van der Waals surface area contributed by atoms with Crippen molar-refractivity contribution in [1.29, 1.82) is 0 Å². The van der Waals surface area contributed by atoms with Crippen LogP contribution in [0.15, 0.2) is 24.3 Å². The predicted molar refractivity (Wildman–Crippen MR) is 101 cm³/mol. The first-order valence-electron chi connectivity index (χ1n) is 8.89. The van der Waals surface area contributed by atoms with E-state index in [9.17, 15) is 4.57 Å². The Bertz CT molecular complexity index is 565. The summed E-state index contributed by atoms with van der Waals surface area (Å²) in [5.41, 5.74) is 5.20. The van der Waals surface area contributed by atoms with Crippen LogP contribution in [-0.4, -0.2) is 12.2 Å². The second-order valence-electron chi connectivity index (χ2n) is 6.54. The van der Waals surface area contributed by atoms with Gasteiger partial charge in [-0.3, -0.25) is 9.05 Å². The number of benzene rings is 1. The first-order chi connectivity index (χ1) is 11.3. The molecule has 0 aliphatic heterocycles. The molecule has 0 aromatic heterocycles. The van der Waals surface area contributed by atoms with Crippen LogP contribution in [0.5, 0.6) is 0 Å². The summed E-state index contributed by atoms with van der Waals surface area (Å²) in [6, 6.07) is 8.49. The smallest absolute Gasteiger partial charge is 0.297 e. The normalized spacial score (nSPS) is 11.6. The molecular weight excluding hydrogens is 319 g/mol. The maximum Gasteiger partial charge on any atom is 0.406 e.